The van der Waals surface area contributed by atoms with Crippen LogP contribution in [-0.2, 0) is 26.6 Å². The highest BCUT2D eigenvalue weighted by molar-refractivity contribution is 5.88. The molecule has 0 saturated carbocycles. The summed E-state index contributed by atoms with van der Waals surface area (Å²) in [5, 5.41) is 16.6. The van der Waals surface area contributed by atoms with Gasteiger partial charge in [-0.05, 0) is 19.4 Å². The quantitative estimate of drug-likeness (QED) is 0.842. The summed E-state index contributed by atoms with van der Waals surface area (Å²) in [5.41, 5.74) is 2.44. The normalized spacial score (nSPS) is 10.9. The Morgan fingerprint density at radius 2 is 2.25 bits per heavy atom. The lowest BCUT2D eigenvalue weighted by atomic mass is 10.2. The molecule has 20 heavy (non-hydrogen) atoms. The van der Waals surface area contributed by atoms with E-state index in [-0.39, 0.29) is 5.56 Å². The van der Waals surface area contributed by atoms with Crippen molar-refractivity contribution in [2.75, 3.05) is 0 Å². The molecule has 0 unspecified atom stereocenters. The van der Waals surface area contributed by atoms with E-state index in [2.05, 4.69) is 17.3 Å². The van der Waals surface area contributed by atoms with Crippen LogP contribution in [0, 0.1) is 6.92 Å². The smallest absolute Gasteiger partial charge is 0.339 e. The maximum absolute atomic E-state index is 10.9. The van der Waals surface area contributed by atoms with E-state index in [4.69, 9.17) is 9.52 Å². The third-order valence-electron chi connectivity index (χ3n) is 3.14. The average Bonchev–Trinajstić information content (AvgIpc) is 2.92. The fourth-order valence-electron chi connectivity index (χ4n) is 2.19. The second-order valence-electron chi connectivity index (χ2n) is 4.72. The van der Waals surface area contributed by atoms with E-state index < -0.39 is 5.97 Å². The first-order valence-electron chi connectivity index (χ1n) is 6.56. The Bertz CT molecular complexity index is 613. The van der Waals surface area contributed by atoms with Crippen molar-refractivity contribution in [1.29, 1.82) is 0 Å². The predicted octanol–water partition coefficient (Wildman–Crippen LogP) is 1.87. The van der Waals surface area contributed by atoms with Crippen molar-refractivity contribution in [3.63, 3.8) is 0 Å². The molecule has 0 saturated heterocycles. The van der Waals surface area contributed by atoms with E-state index in [1.807, 2.05) is 13.2 Å². The fourth-order valence-corrected chi connectivity index (χ4v) is 2.19. The summed E-state index contributed by atoms with van der Waals surface area (Å²) in [4.78, 5) is 10.9. The molecule has 2 aromatic rings. The number of furan rings is 1. The molecule has 0 spiro atoms. The Kier molecular flexibility index (Phi) is 4.24. The molecule has 2 heterocycles. The number of hydrogen-bond acceptors (Lipinski definition) is 4. The van der Waals surface area contributed by atoms with E-state index in [1.165, 1.54) is 0 Å². The second kappa shape index (κ2) is 5.92. The van der Waals surface area contributed by atoms with Gasteiger partial charge in [0, 0.05) is 25.4 Å². The van der Waals surface area contributed by atoms with Gasteiger partial charge in [0.1, 0.15) is 17.1 Å². The molecule has 0 aliphatic carbocycles. The molecule has 108 valence electrons. The van der Waals surface area contributed by atoms with Crippen molar-refractivity contribution in [3.05, 3.63) is 40.6 Å². The van der Waals surface area contributed by atoms with Crippen LogP contribution in [0.25, 0.3) is 0 Å². The molecule has 0 amide bonds. The molecule has 2 N–H and O–H groups in total. The lowest BCUT2D eigenvalue weighted by Gasteiger charge is -2.02. The number of hydrogen-bond donors (Lipinski definition) is 2. The molecule has 0 bridgehead atoms. The maximum Gasteiger partial charge on any atom is 0.339 e. The molecule has 6 nitrogen and oxygen atoms in total. The molecule has 6 heteroatoms. The predicted molar refractivity (Wildman–Crippen MR) is 73.5 cm³/mol. The molecule has 2 rings (SSSR count). The molecular formula is C14H19N3O3. The van der Waals surface area contributed by atoms with E-state index in [1.54, 1.807) is 17.7 Å². The van der Waals surface area contributed by atoms with E-state index in [0.717, 1.165) is 17.7 Å². The van der Waals surface area contributed by atoms with Gasteiger partial charge in [0.2, 0.25) is 0 Å². The highest BCUT2D eigenvalue weighted by Crippen LogP contribution is 2.15. The van der Waals surface area contributed by atoms with Gasteiger partial charge in [0.15, 0.2) is 0 Å². The van der Waals surface area contributed by atoms with Crippen molar-refractivity contribution < 1.29 is 14.3 Å². The van der Waals surface area contributed by atoms with Crippen LogP contribution in [0.4, 0.5) is 0 Å². The minimum atomic E-state index is -0.960. The zero-order valence-corrected chi connectivity index (χ0v) is 11.9. The molecule has 0 aliphatic heterocycles. The number of aromatic nitrogens is 2. The fraction of sp³-hybridized carbons (Fsp3) is 0.429. The van der Waals surface area contributed by atoms with Gasteiger partial charge >= 0.3 is 5.97 Å². The highest BCUT2D eigenvalue weighted by atomic mass is 16.4. The molecular weight excluding hydrogens is 258 g/mol. The Labute approximate surface area is 117 Å². The number of carboxylic acid groups (broad SMARTS) is 1. The highest BCUT2D eigenvalue weighted by Gasteiger charge is 2.13. The van der Waals surface area contributed by atoms with Crippen LogP contribution in [0.5, 0.6) is 0 Å². The number of carboxylic acids is 1. The van der Waals surface area contributed by atoms with Crippen LogP contribution < -0.4 is 5.32 Å². The Morgan fingerprint density at radius 3 is 2.85 bits per heavy atom. The van der Waals surface area contributed by atoms with E-state index in [0.29, 0.717) is 24.6 Å². The zero-order chi connectivity index (χ0) is 14.7. The monoisotopic (exact) mass is 277 g/mol. The van der Waals surface area contributed by atoms with Crippen LogP contribution in [0.3, 0.4) is 0 Å². The third kappa shape index (κ3) is 3.08. The minimum absolute atomic E-state index is 0.220. The van der Waals surface area contributed by atoms with Crippen LogP contribution in [0.15, 0.2) is 16.7 Å². The molecule has 0 aliphatic rings. The number of rotatable bonds is 6. The molecule has 0 fully saturated rings. The van der Waals surface area contributed by atoms with Crippen LogP contribution in [0.1, 0.15) is 40.1 Å². The van der Waals surface area contributed by atoms with Crippen molar-refractivity contribution in [1.82, 2.24) is 15.1 Å². The van der Waals surface area contributed by atoms with Crippen molar-refractivity contribution in [3.8, 4) is 0 Å². The summed E-state index contributed by atoms with van der Waals surface area (Å²) in [6.07, 6.45) is 2.88. The van der Waals surface area contributed by atoms with E-state index >= 15 is 0 Å². The minimum Gasteiger partial charge on any atom is -0.478 e. The van der Waals surface area contributed by atoms with Gasteiger partial charge in [0.05, 0.1) is 12.2 Å². The summed E-state index contributed by atoms with van der Waals surface area (Å²) in [6.45, 7) is 4.90. The lowest BCUT2D eigenvalue weighted by Crippen LogP contribution is -2.12. The summed E-state index contributed by atoms with van der Waals surface area (Å²) in [5.74, 6) is 0.102. The molecule has 2 aromatic heterocycles. The average molecular weight is 277 g/mol. The second-order valence-corrected chi connectivity index (χ2v) is 4.72. The lowest BCUT2D eigenvalue weighted by molar-refractivity contribution is 0.0695. The molecule has 0 atom stereocenters. The summed E-state index contributed by atoms with van der Waals surface area (Å²) >= 11 is 0. The molecule has 0 aromatic carbocycles. The Morgan fingerprint density at radius 1 is 1.50 bits per heavy atom. The van der Waals surface area contributed by atoms with Gasteiger partial charge in [-0.15, -0.1) is 0 Å². The number of aryl methyl sites for hydroxylation is 3. The largest absolute Gasteiger partial charge is 0.478 e. The van der Waals surface area contributed by atoms with E-state index in [9.17, 15) is 4.79 Å². The number of nitrogens with zero attached hydrogens (tertiary/aromatic N) is 2. The topological polar surface area (TPSA) is 80.3 Å². The first-order valence-corrected chi connectivity index (χ1v) is 6.56. The standard InChI is InChI=1S/C14H19N3O3/c1-4-13-10(8-17(3)16-13)6-15-7-11-5-12(14(18)19)9(2)20-11/h5,8,15H,4,6-7H2,1-3H3,(H,18,19). The van der Waals surface area contributed by atoms with Crippen molar-refractivity contribution in [2.24, 2.45) is 7.05 Å². The van der Waals surface area contributed by atoms with Gasteiger partial charge < -0.3 is 14.8 Å². The first kappa shape index (κ1) is 14.3. The van der Waals surface area contributed by atoms with Crippen LogP contribution in [0.2, 0.25) is 0 Å². The Balaban J connectivity index is 1.96. The number of aromatic carboxylic acids is 1. The summed E-state index contributed by atoms with van der Waals surface area (Å²) in [7, 11) is 1.90. The van der Waals surface area contributed by atoms with Crippen molar-refractivity contribution in [2.45, 2.75) is 33.4 Å². The van der Waals surface area contributed by atoms with Gasteiger partial charge in [-0.25, -0.2) is 4.79 Å². The van der Waals surface area contributed by atoms with Gasteiger partial charge in [0.25, 0.3) is 0 Å². The third-order valence-corrected chi connectivity index (χ3v) is 3.14. The van der Waals surface area contributed by atoms with Crippen LogP contribution >= 0.6 is 0 Å². The van der Waals surface area contributed by atoms with Gasteiger partial charge in [-0.2, -0.15) is 5.10 Å². The Hall–Kier alpha value is -2.08. The number of carbonyl (C=O) groups is 1. The van der Waals surface area contributed by atoms with Crippen LogP contribution in [-0.4, -0.2) is 20.9 Å². The summed E-state index contributed by atoms with van der Waals surface area (Å²) < 4.78 is 7.21. The maximum atomic E-state index is 10.9. The zero-order valence-electron chi connectivity index (χ0n) is 11.9. The summed E-state index contributed by atoms with van der Waals surface area (Å²) in [6, 6.07) is 1.56. The van der Waals surface area contributed by atoms with Gasteiger partial charge in [-0.3, -0.25) is 4.68 Å². The van der Waals surface area contributed by atoms with Crippen molar-refractivity contribution >= 4 is 5.97 Å². The van der Waals surface area contributed by atoms with Gasteiger partial charge in [-0.1, -0.05) is 6.92 Å². The molecule has 0 radical (unpaired) electrons. The first-order chi connectivity index (χ1) is 9.51. The SMILES string of the molecule is CCc1nn(C)cc1CNCc1cc(C(=O)O)c(C)o1. The number of nitrogens with one attached hydrogen (secondary N) is 1.